The minimum atomic E-state index is -5.08. The number of carbonyl (C=O) groups is 1. The van der Waals surface area contributed by atoms with Crippen molar-refractivity contribution in [1.29, 1.82) is 0 Å². The summed E-state index contributed by atoms with van der Waals surface area (Å²) in [5.41, 5.74) is 1.21. The maximum Gasteiger partial charge on any atom is 0.490 e. The van der Waals surface area contributed by atoms with Gasteiger partial charge in [0.1, 0.15) is 5.52 Å². The molecule has 0 spiro atoms. The summed E-state index contributed by atoms with van der Waals surface area (Å²) in [6.45, 7) is 5.85. The molecule has 0 atom stereocenters. The lowest BCUT2D eigenvalue weighted by Crippen LogP contribution is -2.44. The zero-order chi connectivity index (χ0) is 21.8. The van der Waals surface area contributed by atoms with Crippen molar-refractivity contribution >= 4 is 34.6 Å². The molecule has 160 valence electrons. The van der Waals surface area contributed by atoms with Gasteiger partial charge in [-0.05, 0) is 18.5 Å². The maximum absolute atomic E-state index is 12.5. The summed E-state index contributed by atoms with van der Waals surface area (Å²) in [6, 6.07) is 0. The number of carboxylic acids is 1. The molecule has 0 amide bonds. The fourth-order valence-electron chi connectivity index (χ4n) is 2.73. The number of hydrogen-bond donors (Lipinski definition) is 2. The van der Waals surface area contributed by atoms with Gasteiger partial charge in [0.05, 0.1) is 0 Å². The Balaban J connectivity index is 0.000000370. The predicted molar refractivity (Wildman–Crippen MR) is 101 cm³/mol. The van der Waals surface area contributed by atoms with Crippen molar-refractivity contribution in [1.82, 2.24) is 24.4 Å². The van der Waals surface area contributed by atoms with Gasteiger partial charge in [-0.25, -0.2) is 9.59 Å². The Morgan fingerprint density at radius 1 is 1.31 bits per heavy atom. The first-order valence-electron chi connectivity index (χ1n) is 8.57. The van der Waals surface area contributed by atoms with Gasteiger partial charge in [0.2, 0.25) is 5.28 Å². The Kier molecular flexibility index (Phi) is 7.25. The topological polar surface area (TPSA) is 105 Å². The number of alkyl halides is 3. The molecule has 0 aliphatic carbocycles. The average Bonchev–Trinajstić information content (AvgIpc) is 2.90. The van der Waals surface area contributed by atoms with Gasteiger partial charge < -0.3 is 15.3 Å². The van der Waals surface area contributed by atoms with Crippen LogP contribution in [0.5, 0.6) is 0 Å². The van der Waals surface area contributed by atoms with E-state index in [-0.39, 0.29) is 11.0 Å². The van der Waals surface area contributed by atoms with E-state index in [0.29, 0.717) is 12.2 Å². The number of aryl methyl sites for hydroxylation is 1. The van der Waals surface area contributed by atoms with E-state index >= 15 is 0 Å². The normalized spacial score (nSPS) is 14.9. The van der Waals surface area contributed by atoms with Crippen molar-refractivity contribution in [2.75, 3.05) is 31.1 Å². The van der Waals surface area contributed by atoms with E-state index in [2.05, 4.69) is 20.2 Å². The second kappa shape index (κ2) is 9.27. The van der Waals surface area contributed by atoms with E-state index in [4.69, 9.17) is 21.5 Å². The van der Waals surface area contributed by atoms with Crippen molar-refractivity contribution < 1.29 is 23.1 Å². The molecule has 1 saturated heterocycles. The van der Waals surface area contributed by atoms with Crippen molar-refractivity contribution in [2.45, 2.75) is 19.6 Å². The van der Waals surface area contributed by atoms with Crippen LogP contribution in [0.3, 0.4) is 0 Å². The van der Waals surface area contributed by atoms with Crippen LogP contribution < -0.4 is 15.9 Å². The van der Waals surface area contributed by atoms with Gasteiger partial charge in [0.25, 0.3) is 0 Å². The molecule has 29 heavy (non-hydrogen) atoms. The van der Waals surface area contributed by atoms with E-state index in [0.717, 1.165) is 37.5 Å². The molecular weight excluding hydrogens is 417 g/mol. The molecule has 2 N–H and O–H groups in total. The zero-order valence-electron chi connectivity index (χ0n) is 15.7. The SMILES string of the molecule is CC=CCn1c(=O)n(C)c2nc(Cl)nc(N3CCNCC3)c21.O=C(O)C(F)(F)F. The number of rotatable bonds is 3. The summed E-state index contributed by atoms with van der Waals surface area (Å²) in [6.07, 6.45) is -1.22. The third kappa shape index (κ3) is 5.26. The third-order valence-electron chi connectivity index (χ3n) is 4.11. The van der Waals surface area contributed by atoms with Gasteiger partial charge >= 0.3 is 17.8 Å². The first-order valence-corrected chi connectivity index (χ1v) is 8.95. The Labute approximate surface area is 168 Å². The van der Waals surface area contributed by atoms with Crippen LogP contribution in [-0.2, 0) is 18.4 Å². The van der Waals surface area contributed by atoms with E-state index in [9.17, 15) is 18.0 Å². The number of nitrogens with zero attached hydrogens (tertiary/aromatic N) is 5. The number of hydrogen-bond acceptors (Lipinski definition) is 6. The predicted octanol–water partition coefficient (Wildman–Crippen LogP) is 1.40. The summed E-state index contributed by atoms with van der Waals surface area (Å²) in [7, 11) is 1.71. The number of aromatic nitrogens is 4. The standard InChI is InChI=1S/C14H19ClN6O.C2HF3O2/c1-3-4-7-21-10-11(19(2)14(21)22)17-13(15)18-12(10)20-8-5-16-6-9-20;3-2(4,5)1(6)7/h3-4,16H,5-9H2,1-2H3;(H,6,7). The summed E-state index contributed by atoms with van der Waals surface area (Å²) in [5.74, 6) is -2.02. The molecule has 9 nitrogen and oxygen atoms in total. The third-order valence-corrected chi connectivity index (χ3v) is 4.28. The van der Waals surface area contributed by atoms with Gasteiger partial charge in [-0.3, -0.25) is 9.13 Å². The van der Waals surface area contributed by atoms with Crippen LogP contribution in [0.1, 0.15) is 6.92 Å². The molecule has 1 fully saturated rings. The van der Waals surface area contributed by atoms with Gasteiger partial charge in [-0.1, -0.05) is 12.2 Å². The van der Waals surface area contributed by atoms with Gasteiger partial charge in [0, 0.05) is 39.8 Å². The van der Waals surface area contributed by atoms with Crippen molar-refractivity contribution in [3.05, 3.63) is 27.9 Å². The highest BCUT2D eigenvalue weighted by Crippen LogP contribution is 2.25. The van der Waals surface area contributed by atoms with Gasteiger partial charge in [-0.2, -0.15) is 23.1 Å². The molecule has 13 heteroatoms. The summed E-state index contributed by atoms with van der Waals surface area (Å²) < 4.78 is 35.0. The number of aliphatic carboxylic acids is 1. The van der Waals surface area contributed by atoms with E-state index < -0.39 is 12.1 Å². The molecule has 0 unspecified atom stereocenters. The molecule has 0 aromatic carbocycles. The minimum absolute atomic E-state index is 0.110. The van der Waals surface area contributed by atoms with Gasteiger partial charge in [0.15, 0.2) is 11.5 Å². The lowest BCUT2D eigenvalue weighted by Gasteiger charge is -2.28. The highest BCUT2D eigenvalue weighted by Gasteiger charge is 2.38. The number of halogens is 4. The molecule has 3 rings (SSSR count). The lowest BCUT2D eigenvalue weighted by molar-refractivity contribution is -0.192. The number of allylic oxidation sites excluding steroid dienone is 2. The smallest absolute Gasteiger partial charge is 0.475 e. The Bertz CT molecular complexity index is 963. The molecule has 0 bridgehead atoms. The number of imidazole rings is 1. The molecule has 1 aliphatic rings. The number of piperazine rings is 1. The van der Waals surface area contributed by atoms with Crippen molar-refractivity contribution in [3.8, 4) is 0 Å². The van der Waals surface area contributed by atoms with Crippen molar-refractivity contribution in [2.24, 2.45) is 7.05 Å². The molecule has 0 saturated carbocycles. The monoisotopic (exact) mass is 436 g/mol. The summed E-state index contributed by atoms with van der Waals surface area (Å²) >= 11 is 6.08. The average molecular weight is 437 g/mol. The van der Waals surface area contributed by atoms with Crippen LogP contribution in [0.15, 0.2) is 16.9 Å². The number of fused-ring (bicyclic) bond motifs is 1. The lowest BCUT2D eigenvalue weighted by atomic mass is 10.3. The van der Waals surface area contributed by atoms with Crippen molar-refractivity contribution in [3.63, 3.8) is 0 Å². The molecular formula is C16H20ClF3N6O3. The summed E-state index contributed by atoms with van der Waals surface area (Å²) in [4.78, 5) is 32.2. The maximum atomic E-state index is 12.5. The molecule has 3 heterocycles. The first kappa shape index (κ1) is 22.7. The van der Waals surface area contributed by atoms with Crippen LogP contribution in [0.4, 0.5) is 19.0 Å². The Morgan fingerprint density at radius 3 is 2.41 bits per heavy atom. The van der Waals surface area contributed by atoms with Crippen LogP contribution in [0, 0.1) is 0 Å². The fraction of sp³-hybridized carbons (Fsp3) is 0.500. The number of anilines is 1. The molecule has 2 aromatic heterocycles. The Morgan fingerprint density at radius 2 is 1.90 bits per heavy atom. The largest absolute Gasteiger partial charge is 0.490 e. The van der Waals surface area contributed by atoms with Crippen LogP contribution in [0.2, 0.25) is 5.28 Å². The van der Waals surface area contributed by atoms with Crippen LogP contribution in [-0.4, -0.2) is 62.5 Å². The minimum Gasteiger partial charge on any atom is -0.475 e. The van der Waals surface area contributed by atoms with Crippen LogP contribution in [0.25, 0.3) is 11.2 Å². The number of nitrogens with one attached hydrogen (secondary N) is 1. The zero-order valence-corrected chi connectivity index (χ0v) is 16.5. The number of carboxylic acid groups (broad SMARTS) is 1. The van der Waals surface area contributed by atoms with E-state index in [1.54, 1.807) is 11.6 Å². The molecule has 2 aromatic rings. The fourth-order valence-corrected chi connectivity index (χ4v) is 2.89. The van der Waals surface area contributed by atoms with Gasteiger partial charge in [-0.15, -0.1) is 0 Å². The van der Waals surface area contributed by atoms with E-state index in [1.807, 2.05) is 19.1 Å². The summed E-state index contributed by atoms with van der Waals surface area (Å²) in [5, 5.41) is 10.6. The second-order valence-corrected chi connectivity index (χ2v) is 6.39. The molecule has 0 radical (unpaired) electrons. The van der Waals surface area contributed by atoms with Crippen LogP contribution >= 0.6 is 11.6 Å². The quantitative estimate of drug-likeness (QED) is 0.553. The second-order valence-electron chi connectivity index (χ2n) is 6.05. The highest BCUT2D eigenvalue weighted by molar-refractivity contribution is 6.28. The first-order chi connectivity index (χ1) is 13.6. The Hall–Kier alpha value is -2.60. The highest BCUT2D eigenvalue weighted by atomic mass is 35.5. The molecule has 1 aliphatic heterocycles. The van der Waals surface area contributed by atoms with E-state index in [1.165, 1.54) is 4.57 Å².